The predicted octanol–water partition coefficient (Wildman–Crippen LogP) is 4.69. The van der Waals surface area contributed by atoms with Crippen LogP contribution in [0.2, 0.25) is 0 Å². The van der Waals surface area contributed by atoms with Gasteiger partial charge in [-0.25, -0.2) is 0 Å². The van der Waals surface area contributed by atoms with E-state index in [1.165, 1.54) is 22.4 Å². The average molecular weight is 263 g/mol. The summed E-state index contributed by atoms with van der Waals surface area (Å²) < 4.78 is 0. The fourth-order valence-electron chi connectivity index (χ4n) is 3.05. The zero-order chi connectivity index (χ0) is 13.9. The van der Waals surface area contributed by atoms with Gasteiger partial charge in [-0.1, -0.05) is 48.5 Å². The Morgan fingerprint density at radius 2 is 1.75 bits per heavy atom. The molecule has 0 heterocycles. The molecule has 0 spiro atoms. The number of hydrogen-bond donors (Lipinski definition) is 0. The number of hydrogen-bond acceptors (Lipinski definition) is 1. The summed E-state index contributed by atoms with van der Waals surface area (Å²) in [7, 11) is 0. The van der Waals surface area contributed by atoms with E-state index in [-0.39, 0.29) is 6.04 Å². The van der Waals surface area contributed by atoms with Gasteiger partial charge in [-0.3, -0.25) is 4.99 Å². The smallest absolute Gasteiger partial charge is 0.0720 e. The SMILES string of the molecule is Cc1cccc2c1CCC(=N[C@H](C)c1ccccc1)C2. The number of aryl methyl sites for hydroxylation is 1. The Morgan fingerprint density at radius 1 is 0.950 bits per heavy atom. The molecule has 2 aromatic rings. The lowest BCUT2D eigenvalue weighted by Gasteiger charge is -2.21. The molecule has 2 aromatic carbocycles. The quantitative estimate of drug-likeness (QED) is 0.745. The summed E-state index contributed by atoms with van der Waals surface area (Å²) in [5.74, 6) is 0. The monoisotopic (exact) mass is 263 g/mol. The van der Waals surface area contributed by atoms with Crippen LogP contribution in [0.3, 0.4) is 0 Å². The van der Waals surface area contributed by atoms with Gasteiger partial charge in [-0.05, 0) is 48.9 Å². The molecule has 1 nitrogen and oxygen atoms in total. The maximum absolute atomic E-state index is 4.95. The van der Waals surface area contributed by atoms with E-state index in [9.17, 15) is 0 Å². The number of fused-ring (bicyclic) bond motifs is 1. The molecular weight excluding hydrogens is 242 g/mol. The van der Waals surface area contributed by atoms with Gasteiger partial charge < -0.3 is 0 Å². The molecule has 0 N–H and O–H groups in total. The van der Waals surface area contributed by atoms with Crippen LogP contribution in [-0.2, 0) is 12.8 Å². The zero-order valence-corrected chi connectivity index (χ0v) is 12.3. The molecule has 0 aromatic heterocycles. The molecule has 0 fully saturated rings. The maximum atomic E-state index is 4.95. The zero-order valence-electron chi connectivity index (χ0n) is 12.3. The van der Waals surface area contributed by atoms with Crippen LogP contribution in [-0.4, -0.2) is 5.71 Å². The molecule has 1 atom stereocenters. The maximum Gasteiger partial charge on any atom is 0.0720 e. The third kappa shape index (κ3) is 2.67. The van der Waals surface area contributed by atoms with Gasteiger partial charge >= 0.3 is 0 Å². The second-order valence-corrected chi connectivity index (χ2v) is 5.67. The number of benzene rings is 2. The minimum Gasteiger partial charge on any atom is -0.286 e. The van der Waals surface area contributed by atoms with E-state index in [0.29, 0.717) is 0 Å². The first-order valence-electron chi connectivity index (χ1n) is 7.42. The van der Waals surface area contributed by atoms with Gasteiger partial charge in [0.2, 0.25) is 0 Å². The normalized spacial score (nSPS) is 17.8. The first kappa shape index (κ1) is 13.1. The molecule has 20 heavy (non-hydrogen) atoms. The molecule has 1 heteroatoms. The summed E-state index contributed by atoms with van der Waals surface area (Å²) in [5, 5.41) is 0. The second-order valence-electron chi connectivity index (χ2n) is 5.67. The van der Waals surface area contributed by atoms with Gasteiger partial charge in [-0.2, -0.15) is 0 Å². The average Bonchev–Trinajstić information content (AvgIpc) is 2.48. The molecule has 0 unspecified atom stereocenters. The van der Waals surface area contributed by atoms with Crippen molar-refractivity contribution in [1.29, 1.82) is 0 Å². The van der Waals surface area contributed by atoms with Crippen LogP contribution in [0.1, 0.15) is 41.6 Å². The Morgan fingerprint density at radius 3 is 2.55 bits per heavy atom. The largest absolute Gasteiger partial charge is 0.286 e. The van der Waals surface area contributed by atoms with Crippen LogP contribution in [0, 0.1) is 6.92 Å². The highest BCUT2D eigenvalue weighted by Gasteiger charge is 2.16. The van der Waals surface area contributed by atoms with E-state index < -0.39 is 0 Å². The lowest BCUT2D eigenvalue weighted by atomic mass is 9.87. The summed E-state index contributed by atoms with van der Waals surface area (Å²) in [6, 6.07) is 17.5. The van der Waals surface area contributed by atoms with Crippen molar-refractivity contribution in [2.24, 2.45) is 4.99 Å². The summed E-state index contributed by atoms with van der Waals surface area (Å²) in [6.45, 7) is 4.40. The van der Waals surface area contributed by atoms with Gasteiger partial charge in [0, 0.05) is 12.1 Å². The molecule has 1 aliphatic rings. The molecule has 0 aliphatic heterocycles. The molecule has 0 saturated carbocycles. The number of rotatable bonds is 2. The summed E-state index contributed by atoms with van der Waals surface area (Å²) >= 11 is 0. The lowest BCUT2D eigenvalue weighted by Crippen LogP contribution is -2.15. The van der Waals surface area contributed by atoms with Crippen LogP contribution in [0.25, 0.3) is 0 Å². The van der Waals surface area contributed by atoms with Crippen LogP contribution in [0.4, 0.5) is 0 Å². The molecular formula is C19H21N. The van der Waals surface area contributed by atoms with E-state index in [2.05, 4.69) is 62.4 Å². The summed E-state index contributed by atoms with van der Waals surface area (Å²) in [6.07, 6.45) is 3.27. The number of aliphatic imine (C=N–C) groups is 1. The van der Waals surface area contributed by atoms with Crippen molar-refractivity contribution >= 4 is 5.71 Å². The van der Waals surface area contributed by atoms with Crippen molar-refractivity contribution in [2.75, 3.05) is 0 Å². The van der Waals surface area contributed by atoms with Gasteiger partial charge in [0.15, 0.2) is 0 Å². The van der Waals surface area contributed by atoms with Gasteiger partial charge in [0.05, 0.1) is 6.04 Å². The highest BCUT2D eigenvalue weighted by Crippen LogP contribution is 2.25. The van der Waals surface area contributed by atoms with Crippen LogP contribution >= 0.6 is 0 Å². The van der Waals surface area contributed by atoms with Crippen LogP contribution in [0.5, 0.6) is 0 Å². The van der Waals surface area contributed by atoms with Gasteiger partial charge in [0.1, 0.15) is 0 Å². The van der Waals surface area contributed by atoms with Crippen molar-refractivity contribution in [2.45, 2.75) is 39.2 Å². The molecule has 0 saturated heterocycles. The Kier molecular flexibility index (Phi) is 3.68. The fourth-order valence-corrected chi connectivity index (χ4v) is 3.05. The van der Waals surface area contributed by atoms with Crippen molar-refractivity contribution in [1.82, 2.24) is 0 Å². The molecule has 0 radical (unpaired) electrons. The Labute approximate surface area is 121 Å². The second kappa shape index (κ2) is 5.62. The topological polar surface area (TPSA) is 12.4 Å². The Hall–Kier alpha value is -1.89. The summed E-state index contributed by atoms with van der Waals surface area (Å²) in [5.41, 5.74) is 7.08. The summed E-state index contributed by atoms with van der Waals surface area (Å²) in [4.78, 5) is 4.95. The molecule has 1 aliphatic carbocycles. The van der Waals surface area contributed by atoms with Crippen molar-refractivity contribution in [3.63, 3.8) is 0 Å². The van der Waals surface area contributed by atoms with E-state index in [0.717, 1.165) is 19.3 Å². The predicted molar refractivity (Wildman–Crippen MR) is 85.5 cm³/mol. The Bertz CT molecular complexity index is 625. The van der Waals surface area contributed by atoms with E-state index in [1.807, 2.05) is 0 Å². The van der Waals surface area contributed by atoms with Crippen molar-refractivity contribution in [3.05, 3.63) is 70.8 Å². The molecule has 0 amide bonds. The van der Waals surface area contributed by atoms with Gasteiger partial charge in [0.25, 0.3) is 0 Å². The first-order valence-corrected chi connectivity index (χ1v) is 7.42. The van der Waals surface area contributed by atoms with Crippen molar-refractivity contribution in [3.8, 4) is 0 Å². The van der Waals surface area contributed by atoms with Crippen LogP contribution in [0.15, 0.2) is 53.5 Å². The van der Waals surface area contributed by atoms with Crippen LogP contribution < -0.4 is 0 Å². The molecule has 3 rings (SSSR count). The Balaban J connectivity index is 1.82. The first-order chi connectivity index (χ1) is 9.74. The highest BCUT2D eigenvalue weighted by atomic mass is 14.8. The van der Waals surface area contributed by atoms with E-state index in [1.54, 1.807) is 5.56 Å². The highest BCUT2D eigenvalue weighted by molar-refractivity contribution is 5.89. The van der Waals surface area contributed by atoms with Gasteiger partial charge in [-0.15, -0.1) is 0 Å². The minimum absolute atomic E-state index is 0.262. The minimum atomic E-state index is 0.262. The number of nitrogens with zero attached hydrogens (tertiary/aromatic N) is 1. The third-order valence-corrected chi connectivity index (χ3v) is 4.22. The lowest BCUT2D eigenvalue weighted by molar-refractivity contribution is 0.797. The van der Waals surface area contributed by atoms with E-state index >= 15 is 0 Å². The fraction of sp³-hybridized carbons (Fsp3) is 0.316. The standard InChI is InChI=1S/C19H21N/c1-14-7-6-10-17-13-18(11-12-19(14)17)20-15(2)16-8-4-3-5-9-16/h3-10,15H,11-13H2,1-2H3/t15-/m1/s1. The molecule has 0 bridgehead atoms. The van der Waals surface area contributed by atoms with E-state index in [4.69, 9.17) is 4.99 Å². The molecule has 102 valence electrons. The third-order valence-electron chi connectivity index (χ3n) is 4.22. The van der Waals surface area contributed by atoms with Crippen molar-refractivity contribution < 1.29 is 0 Å².